The van der Waals surface area contributed by atoms with Gasteiger partial charge in [0.2, 0.25) is 0 Å². The van der Waals surface area contributed by atoms with Crippen molar-refractivity contribution in [1.29, 1.82) is 0 Å². The van der Waals surface area contributed by atoms with Gasteiger partial charge >= 0.3 is 0 Å². The zero-order chi connectivity index (χ0) is 22.4. The van der Waals surface area contributed by atoms with E-state index < -0.39 is 0 Å². The zero-order valence-corrected chi connectivity index (χ0v) is 19.6. The summed E-state index contributed by atoms with van der Waals surface area (Å²) in [6.45, 7) is 5.97. The molecule has 0 saturated carbocycles. The Labute approximate surface area is 191 Å². The van der Waals surface area contributed by atoms with Gasteiger partial charge in [-0.15, -0.1) is 0 Å². The van der Waals surface area contributed by atoms with Crippen molar-refractivity contribution < 1.29 is 14.3 Å². The number of halogens is 1. The Balaban J connectivity index is 1.70. The van der Waals surface area contributed by atoms with Crippen LogP contribution in [-0.4, -0.2) is 25.8 Å². The van der Waals surface area contributed by atoms with Crippen molar-refractivity contribution in [3.63, 3.8) is 0 Å². The van der Waals surface area contributed by atoms with Crippen LogP contribution < -0.4 is 14.8 Å². The number of nitrogens with zero attached hydrogens (tertiary/aromatic N) is 1. The second-order valence-electron chi connectivity index (χ2n) is 7.27. The molecule has 0 fully saturated rings. The number of methoxy groups -OCH3 is 1. The monoisotopic (exact) mass is 480 g/mol. The van der Waals surface area contributed by atoms with Crippen LogP contribution in [-0.2, 0) is 4.79 Å². The van der Waals surface area contributed by atoms with Crippen LogP contribution in [0.15, 0.2) is 64.1 Å². The molecule has 5 nitrogen and oxygen atoms in total. The van der Waals surface area contributed by atoms with Crippen LogP contribution in [0.25, 0.3) is 0 Å². The van der Waals surface area contributed by atoms with Crippen molar-refractivity contribution in [2.24, 2.45) is 4.99 Å². The number of carbonyl (C=O) groups is 1. The lowest BCUT2D eigenvalue weighted by molar-refractivity contribution is -0.118. The summed E-state index contributed by atoms with van der Waals surface area (Å²) < 4.78 is 11.9. The van der Waals surface area contributed by atoms with Crippen LogP contribution in [0.5, 0.6) is 11.5 Å². The molecule has 31 heavy (non-hydrogen) atoms. The molecule has 0 atom stereocenters. The van der Waals surface area contributed by atoms with Gasteiger partial charge in [-0.05, 0) is 95.4 Å². The molecule has 0 unspecified atom stereocenters. The number of nitrogens with one attached hydrogen (secondary N) is 1. The maximum Gasteiger partial charge on any atom is 0.262 e. The Kier molecular flexibility index (Phi) is 7.47. The van der Waals surface area contributed by atoms with Gasteiger partial charge in [0.1, 0.15) is 0 Å². The number of hydrogen-bond donors (Lipinski definition) is 1. The molecule has 0 aliphatic heterocycles. The minimum atomic E-state index is -0.250. The molecule has 3 aromatic carbocycles. The average Bonchev–Trinajstić information content (AvgIpc) is 2.73. The number of rotatable bonds is 7. The average molecular weight is 481 g/mol. The molecule has 0 heterocycles. The molecule has 3 rings (SSSR count). The van der Waals surface area contributed by atoms with Gasteiger partial charge in [0.05, 0.1) is 17.3 Å². The Hall–Kier alpha value is -3.12. The van der Waals surface area contributed by atoms with Crippen LogP contribution in [0.2, 0.25) is 0 Å². The Morgan fingerprint density at radius 2 is 1.87 bits per heavy atom. The van der Waals surface area contributed by atoms with Crippen LogP contribution in [0.4, 0.5) is 11.4 Å². The molecule has 0 bridgehead atoms. The smallest absolute Gasteiger partial charge is 0.262 e. The number of carbonyl (C=O) groups excluding carboxylic acids is 1. The van der Waals surface area contributed by atoms with Gasteiger partial charge < -0.3 is 14.8 Å². The summed E-state index contributed by atoms with van der Waals surface area (Å²) in [6.07, 6.45) is 1.77. The molecule has 160 valence electrons. The molecule has 0 aromatic heterocycles. The first-order chi connectivity index (χ1) is 14.9. The van der Waals surface area contributed by atoms with Gasteiger partial charge in [0.25, 0.3) is 5.91 Å². The maximum absolute atomic E-state index is 12.3. The standard InChI is InChI=1S/C25H25BrN2O3/c1-16-6-5-7-21(10-16)28-24(29)15-31-25-22(26)12-19(13-23(25)30-4)14-27-20-9-8-17(2)18(3)11-20/h5-14H,15H2,1-4H3,(H,28,29). The topological polar surface area (TPSA) is 59.9 Å². The largest absolute Gasteiger partial charge is 0.493 e. The molecule has 3 aromatic rings. The molecule has 0 saturated heterocycles. The van der Waals surface area contributed by atoms with Crippen molar-refractivity contribution >= 4 is 39.4 Å². The number of benzene rings is 3. The Morgan fingerprint density at radius 1 is 1.06 bits per heavy atom. The van der Waals surface area contributed by atoms with Gasteiger partial charge in [-0.2, -0.15) is 0 Å². The van der Waals surface area contributed by atoms with E-state index >= 15 is 0 Å². The fourth-order valence-corrected chi connectivity index (χ4v) is 3.54. The zero-order valence-electron chi connectivity index (χ0n) is 18.0. The third-order valence-electron chi connectivity index (χ3n) is 4.75. The Bertz CT molecular complexity index is 1130. The number of aryl methyl sites for hydroxylation is 3. The summed E-state index contributed by atoms with van der Waals surface area (Å²) >= 11 is 3.51. The first kappa shape index (κ1) is 22.6. The van der Waals surface area contributed by atoms with E-state index in [4.69, 9.17) is 9.47 Å². The highest BCUT2D eigenvalue weighted by Crippen LogP contribution is 2.36. The van der Waals surface area contributed by atoms with Gasteiger partial charge in [-0.25, -0.2) is 0 Å². The summed E-state index contributed by atoms with van der Waals surface area (Å²) in [4.78, 5) is 16.8. The fraction of sp³-hybridized carbons (Fsp3) is 0.200. The highest BCUT2D eigenvalue weighted by molar-refractivity contribution is 9.10. The first-order valence-corrected chi connectivity index (χ1v) is 10.6. The van der Waals surface area contributed by atoms with Crippen LogP contribution in [0.3, 0.4) is 0 Å². The van der Waals surface area contributed by atoms with Crippen molar-refractivity contribution in [2.75, 3.05) is 19.0 Å². The molecular weight excluding hydrogens is 456 g/mol. The quantitative estimate of drug-likeness (QED) is 0.412. The summed E-state index contributed by atoms with van der Waals surface area (Å²) in [5, 5.41) is 2.83. The van der Waals surface area contributed by atoms with E-state index in [0.29, 0.717) is 16.0 Å². The minimum Gasteiger partial charge on any atom is -0.493 e. The second kappa shape index (κ2) is 10.3. The molecular formula is C25H25BrN2O3. The third kappa shape index (κ3) is 6.18. The number of amides is 1. The maximum atomic E-state index is 12.3. The lowest BCUT2D eigenvalue weighted by atomic mass is 10.1. The van der Waals surface area contributed by atoms with Gasteiger partial charge in [-0.1, -0.05) is 18.2 Å². The predicted molar refractivity (Wildman–Crippen MR) is 129 cm³/mol. The van der Waals surface area contributed by atoms with E-state index in [9.17, 15) is 4.79 Å². The van der Waals surface area contributed by atoms with Crippen molar-refractivity contribution in [3.05, 3.63) is 81.3 Å². The normalized spacial score (nSPS) is 10.9. The molecule has 0 radical (unpaired) electrons. The van der Waals surface area contributed by atoms with Crippen molar-refractivity contribution in [2.45, 2.75) is 20.8 Å². The van der Waals surface area contributed by atoms with E-state index in [0.717, 1.165) is 22.5 Å². The fourth-order valence-electron chi connectivity index (χ4n) is 2.97. The minimum absolute atomic E-state index is 0.140. The van der Waals surface area contributed by atoms with E-state index in [2.05, 4.69) is 46.2 Å². The molecule has 0 aliphatic carbocycles. The molecule has 0 spiro atoms. The summed E-state index contributed by atoms with van der Waals surface area (Å²) in [7, 11) is 1.56. The molecule has 6 heteroatoms. The number of anilines is 1. The molecule has 0 aliphatic rings. The van der Waals surface area contributed by atoms with E-state index in [1.807, 2.05) is 55.5 Å². The number of aliphatic imine (C=N–C) groups is 1. The third-order valence-corrected chi connectivity index (χ3v) is 5.34. The second-order valence-corrected chi connectivity index (χ2v) is 8.12. The van der Waals surface area contributed by atoms with E-state index in [1.54, 1.807) is 13.3 Å². The van der Waals surface area contributed by atoms with Crippen LogP contribution in [0, 0.1) is 20.8 Å². The van der Waals surface area contributed by atoms with Crippen LogP contribution in [0.1, 0.15) is 22.3 Å². The summed E-state index contributed by atoms with van der Waals surface area (Å²) in [5.41, 5.74) is 5.96. The van der Waals surface area contributed by atoms with Gasteiger partial charge in [-0.3, -0.25) is 9.79 Å². The highest BCUT2D eigenvalue weighted by atomic mass is 79.9. The Morgan fingerprint density at radius 3 is 2.58 bits per heavy atom. The summed E-state index contributed by atoms with van der Waals surface area (Å²) in [5.74, 6) is 0.726. The first-order valence-electron chi connectivity index (χ1n) is 9.84. The van der Waals surface area contributed by atoms with Crippen LogP contribution >= 0.6 is 15.9 Å². The predicted octanol–water partition coefficient (Wildman–Crippen LogP) is 6.15. The van der Waals surface area contributed by atoms with Crippen molar-refractivity contribution in [3.8, 4) is 11.5 Å². The lowest BCUT2D eigenvalue weighted by Crippen LogP contribution is -2.20. The highest BCUT2D eigenvalue weighted by Gasteiger charge is 2.13. The summed E-state index contributed by atoms with van der Waals surface area (Å²) in [6, 6.07) is 17.4. The molecule has 1 N–H and O–H groups in total. The van der Waals surface area contributed by atoms with E-state index in [-0.39, 0.29) is 12.5 Å². The van der Waals surface area contributed by atoms with Gasteiger partial charge in [0, 0.05) is 11.9 Å². The molecule has 1 amide bonds. The van der Waals surface area contributed by atoms with Crippen molar-refractivity contribution in [1.82, 2.24) is 0 Å². The SMILES string of the molecule is COc1cc(C=Nc2ccc(C)c(C)c2)cc(Br)c1OCC(=O)Nc1cccc(C)c1. The lowest BCUT2D eigenvalue weighted by Gasteiger charge is -2.13. The number of hydrogen-bond acceptors (Lipinski definition) is 4. The van der Waals surface area contributed by atoms with Gasteiger partial charge in [0.15, 0.2) is 18.1 Å². The number of ether oxygens (including phenoxy) is 2. The van der Waals surface area contributed by atoms with E-state index in [1.165, 1.54) is 11.1 Å².